The molecule has 0 amide bonds. The molecule has 0 fully saturated rings. The maximum Gasteiger partial charge on any atom is 0.213 e. The number of hydrogen-bond donors (Lipinski definition) is 0. The summed E-state index contributed by atoms with van der Waals surface area (Å²) < 4.78 is 2.30. The Labute approximate surface area is 249 Å². The van der Waals surface area contributed by atoms with Crippen LogP contribution in [0.5, 0.6) is 0 Å². The number of halogens is 2. The Balaban J connectivity index is 0.00000336. The van der Waals surface area contributed by atoms with Gasteiger partial charge in [-0.1, -0.05) is 59.2 Å². The second kappa shape index (κ2) is 12.5. The van der Waals surface area contributed by atoms with Gasteiger partial charge < -0.3 is 28.9 Å². The van der Waals surface area contributed by atoms with E-state index in [1.54, 1.807) is 0 Å². The molecule has 2 aliphatic rings. The molecule has 0 saturated heterocycles. The minimum Gasteiger partial charge on any atom is -1.00 e. The molecule has 0 bridgehead atoms. The van der Waals surface area contributed by atoms with Crippen LogP contribution < -0.4 is 33.4 Å². The van der Waals surface area contributed by atoms with E-state index in [0.717, 1.165) is 37.4 Å². The Bertz CT molecular complexity index is 1510. The average Bonchev–Trinajstić information content (AvgIpc) is 2.91. The van der Waals surface area contributed by atoms with Gasteiger partial charge in [0.15, 0.2) is 6.20 Å². The highest BCUT2D eigenvalue weighted by Crippen LogP contribution is 2.36. The minimum atomic E-state index is 0. The Morgan fingerprint density at radius 3 is 2.53 bits per heavy atom. The predicted molar refractivity (Wildman–Crippen MR) is 160 cm³/mol. The van der Waals surface area contributed by atoms with Crippen LogP contribution in [0.2, 0.25) is 0 Å². The zero-order chi connectivity index (χ0) is 25.9. The van der Waals surface area contributed by atoms with Crippen molar-refractivity contribution in [1.82, 2.24) is 0 Å². The summed E-state index contributed by atoms with van der Waals surface area (Å²) in [5, 5.41) is 2.19. The first-order valence-electron chi connectivity index (χ1n) is 13.4. The van der Waals surface area contributed by atoms with E-state index in [9.17, 15) is 0 Å². The van der Waals surface area contributed by atoms with Gasteiger partial charge in [0.1, 0.15) is 6.54 Å². The monoisotopic (exact) mass is 634 g/mol. The summed E-state index contributed by atoms with van der Waals surface area (Å²) in [5.41, 5.74) is 11.3. The van der Waals surface area contributed by atoms with Gasteiger partial charge in [0.2, 0.25) is 5.52 Å². The van der Waals surface area contributed by atoms with Gasteiger partial charge in [-0.05, 0) is 93.5 Å². The van der Waals surface area contributed by atoms with Gasteiger partial charge in [-0.15, -0.1) is 0 Å². The lowest BCUT2D eigenvalue weighted by Crippen LogP contribution is -3.00. The van der Waals surface area contributed by atoms with Crippen molar-refractivity contribution in [2.75, 3.05) is 11.4 Å². The number of benzene rings is 2. The fourth-order valence-corrected chi connectivity index (χ4v) is 5.69. The fourth-order valence-electron chi connectivity index (χ4n) is 5.37. The normalized spacial score (nSPS) is 17.6. The SMILES string of the molecule is CCN1C=C/C(=C\C=C2/CCCC(/C=C/c3cc[n+](CC)c4ccc(C)cc34)=C2Cl)c2cc(C)ccc21.[I-]. The number of pyridine rings is 1. The second-order valence-corrected chi connectivity index (χ2v) is 10.4. The summed E-state index contributed by atoms with van der Waals surface area (Å²) >= 11 is 7.00. The summed E-state index contributed by atoms with van der Waals surface area (Å²) in [4.78, 5) is 2.30. The molecule has 5 rings (SSSR count). The molecule has 0 N–H and O–H groups in total. The van der Waals surface area contributed by atoms with E-state index in [0.29, 0.717) is 0 Å². The van der Waals surface area contributed by atoms with Crippen LogP contribution in [0.3, 0.4) is 0 Å². The largest absolute Gasteiger partial charge is 1.00 e. The van der Waals surface area contributed by atoms with Crippen molar-refractivity contribution in [3.8, 4) is 0 Å². The van der Waals surface area contributed by atoms with Gasteiger partial charge in [0, 0.05) is 41.2 Å². The van der Waals surface area contributed by atoms with Gasteiger partial charge in [0.25, 0.3) is 0 Å². The first-order chi connectivity index (χ1) is 18.0. The molecule has 0 spiro atoms. The van der Waals surface area contributed by atoms with Crippen LogP contribution in [0.4, 0.5) is 5.69 Å². The van der Waals surface area contributed by atoms with Crippen molar-refractivity contribution < 1.29 is 28.5 Å². The number of allylic oxidation sites excluding steroid dienone is 8. The van der Waals surface area contributed by atoms with Crippen molar-refractivity contribution in [3.05, 3.63) is 118 Å². The molecule has 196 valence electrons. The Kier molecular flexibility index (Phi) is 9.32. The van der Waals surface area contributed by atoms with E-state index < -0.39 is 0 Å². The Morgan fingerprint density at radius 1 is 0.947 bits per heavy atom. The summed E-state index contributed by atoms with van der Waals surface area (Å²) in [6.45, 7) is 10.6. The van der Waals surface area contributed by atoms with Gasteiger partial charge in [-0.2, -0.15) is 4.57 Å². The molecule has 0 unspecified atom stereocenters. The van der Waals surface area contributed by atoms with E-state index >= 15 is 0 Å². The molecular formula is C34H36ClIN2. The highest BCUT2D eigenvalue weighted by atomic mass is 127. The van der Waals surface area contributed by atoms with Gasteiger partial charge >= 0.3 is 0 Å². The van der Waals surface area contributed by atoms with Crippen molar-refractivity contribution in [1.29, 1.82) is 0 Å². The molecule has 38 heavy (non-hydrogen) atoms. The highest BCUT2D eigenvalue weighted by molar-refractivity contribution is 6.32. The van der Waals surface area contributed by atoms with Crippen molar-refractivity contribution in [2.24, 2.45) is 0 Å². The van der Waals surface area contributed by atoms with E-state index in [1.807, 2.05) is 0 Å². The topological polar surface area (TPSA) is 7.12 Å². The third kappa shape index (κ3) is 5.84. The number of fused-ring (bicyclic) bond motifs is 2. The third-order valence-electron chi connectivity index (χ3n) is 7.48. The molecule has 1 aliphatic heterocycles. The number of nitrogens with zero attached hydrogens (tertiary/aromatic N) is 2. The smallest absolute Gasteiger partial charge is 0.213 e. The van der Waals surface area contributed by atoms with Crippen molar-refractivity contribution in [3.63, 3.8) is 0 Å². The average molecular weight is 635 g/mol. The predicted octanol–water partition coefficient (Wildman–Crippen LogP) is 5.82. The number of rotatable bonds is 5. The van der Waals surface area contributed by atoms with Crippen LogP contribution in [0, 0.1) is 13.8 Å². The fraction of sp³-hybridized carbons (Fsp3) is 0.265. The van der Waals surface area contributed by atoms with Crippen LogP contribution in [-0.2, 0) is 6.54 Å². The van der Waals surface area contributed by atoms with Crippen LogP contribution >= 0.6 is 11.6 Å². The van der Waals surface area contributed by atoms with E-state index in [4.69, 9.17) is 11.6 Å². The second-order valence-electron chi connectivity index (χ2n) is 10.0. The molecular weight excluding hydrogens is 599 g/mol. The lowest BCUT2D eigenvalue weighted by Gasteiger charge is -2.27. The molecule has 1 aromatic heterocycles. The number of aromatic nitrogens is 1. The van der Waals surface area contributed by atoms with Crippen LogP contribution in [0.15, 0.2) is 95.3 Å². The lowest BCUT2D eigenvalue weighted by atomic mass is 9.92. The number of aryl methyl sites for hydroxylation is 3. The van der Waals surface area contributed by atoms with Crippen LogP contribution in [0.25, 0.3) is 22.6 Å². The maximum absolute atomic E-state index is 7.00. The zero-order valence-corrected chi connectivity index (χ0v) is 25.7. The lowest BCUT2D eigenvalue weighted by molar-refractivity contribution is -0.667. The minimum absolute atomic E-state index is 0. The molecule has 2 nitrogen and oxygen atoms in total. The van der Waals surface area contributed by atoms with Crippen molar-refractivity contribution >= 4 is 39.8 Å². The van der Waals surface area contributed by atoms with Gasteiger partial charge in [-0.25, -0.2) is 0 Å². The highest BCUT2D eigenvalue weighted by Gasteiger charge is 2.17. The van der Waals surface area contributed by atoms with Crippen LogP contribution in [-0.4, -0.2) is 6.54 Å². The van der Waals surface area contributed by atoms with Gasteiger partial charge in [0.05, 0.1) is 5.39 Å². The van der Waals surface area contributed by atoms with Crippen molar-refractivity contribution in [2.45, 2.75) is 53.5 Å². The molecule has 2 heterocycles. The van der Waals surface area contributed by atoms with Crippen LogP contribution in [0.1, 0.15) is 55.4 Å². The Hall–Kier alpha value is -2.63. The molecule has 0 atom stereocenters. The first kappa shape index (κ1) is 28.4. The zero-order valence-electron chi connectivity index (χ0n) is 22.8. The van der Waals surface area contributed by atoms with E-state index in [-0.39, 0.29) is 24.0 Å². The molecule has 3 aromatic rings. The molecule has 2 aromatic carbocycles. The Morgan fingerprint density at radius 2 is 1.74 bits per heavy atom. The summed E-state index contributed by atoms with van der Waals surface area (Å²) in [7, 11) is 0. The van der Waals surface area contributed by atoms with E-state index in [1.165, 1.54) is 55.6 Å². The third-order valence-corrected chi connectivity index (χ3v) is 7.96. The maximum atomic E-state index is 7.00. The number of anilines is 1. The number of hydrogen-bond acceptors (Lipinski definition) is 1. The quantitative estimate of drug-likeness (QED) is 0.254. The first-order valence-corrected chi connectivity index (χ1v) is 13.8. The van der Waals surface area contributed by atoms with Gasteiger partial charge in [-0.3, -0.25) is 0 Å². The standard InChI is InChI=1S/C34H36ClN2.HI/c1-5-36-20-18-26(30-22-24(3)10-16-32(30)36)12-14-28-8-7-9-29(34(28)35)15-13-27-19-21-37(6-2)33-17-11-25(4)23-31(27)33;/h10-23H,5-9H2,1-4H3;1H/q+1;/p-1. The molecule has 4 heteroatoms. The molecule has 0 saturated carbocycles. The summed E-state index contributed by atoms with van der Waals surface area (Å²) in [6, 6.07) is 15.6. The summed E-state index contributed by atoms with van der Waals surface area (Å²) in [6.07, 6.45) is 18.7. The van der Waals surface area contributed by atoms with E-state index in [2.05, 4.69) is 122 Å². The molecule has 1 aliphatic carbocycles. The summed E-state index contributed by atoms with van der Waals surface area (Å²) in [5.74, 6) is 0. The molecule has 0 radical (unpaired) electrons.